The molecule has 0 spiro atoms. The number of benzene rings is 1. The van der Waals surface area contributed by atoms with Crippen LogP contribution in [0.25, 0.3) is 0 Å². The average Bonchev–Trinajstić information content (AvgIpc) is 2.40. The molecule has 2 aliphatic carbocycles. The third-order valence-corrected chi connectivity index (χ3v) is 5.22. The molecule has 0 saturated heterocycles. The largest absolute Gasteiger partial charge is 0.508 e. The standard InChI is InChI=1S/C18H22O2/c1-3-4-13-10-16(20)11-14-6-5-12-9-15(19)7-8-17(12)18(13,14)2/h7-9,11,13,19H,3-6,10H2,1-2H3. The molecule has 0 saturated carbocycles. The molecule has 20 heavy (non-hydrogen) atoms. The summed E-state index contributed by atoms with van der Waals surface area (Å²) in [7, 11) is 0. The first-order valence-corrected chi connectivity index (χ1v) is 7.62. The van der Waals surface area contributed by atoms with Crippen molar-refractivity contribution in [3.8, 4) is 5.75 Å². The van der Waals surface area contributed by atoms with Gasteiger partial charge in [-0.1, -0.05) is 31.9 Å². The highest BCUT2D eigenvalue weighted by atomic mass is 16.3. The van der Waals surface area contributed by atoms with Crippen molar-refractivity contribution in [3.63, 3.8) is 0 Å². The molecule has 0 bridgehead atoms. The molecule has 2 aliphatic rings. The van der Waals surface area contributed by atoms with Crippen molar-refractivity contribution in [1.82, 2.24) is 0 Å². The summed E-state index contributed by atoms with van der Waals surface area (Å²) in [6.45, 7) is 4.48. The van der Waals surface area contributed by atoms with E-state index in [2.05, 4.69) is 19.9 Å². The van der Waals surface area contributed by atoms with Crippen LogP contribution in [0.2, 0.25) is 0 Å². The lowest BCUT2D eigenvalue weighted by atomic mass is 9.57. The molecule has 0 aliphatic heterocycles. The molecule has 2 nitrogen and oxygen atoms in total. The molecule has 2 heteroatoms. The lowest BCUT2D eigenvalue weighted by Crippen LogP contribution is -2.42. The predicted octanol–water partition coefficient (Wildman–Crippen LogP) is 3.91. The average molecular weight is 270 g/mol. The first-order valence-electron chi connectivity index (χ1n) is 7.62. The number of aromatic hydroxyl groups is 1. The number of carbonyl (C=O) groups excluding carboxylic acids is 1. The summed E-state index contributed by atoms with van der Waals surface area (Å²) in [5.74, 6) is 1.03. The number of carbonyl (C=O) groups is 1. The maximum absolute atomic E-state index is 12.0. The van der Waals surface area contributed by atoms with Crippen LogP contribution in [0.15, 0.2) is 29.8 Å². The summed E-state index contributed by atoms with van der Waals surface area (Å²) in [6, 6.07) is 5.75. The van der Waals surface area contributed by atoms with Crippen molar-refractivity contribution in [2.24, 2.45) is 5.92 Å². The van der Waals surface area contributed by atoms with E-state index in [9.17, 15) is 9.90 Å². The van der Waals surface area contributed by atoms with Gasteiger partial charge in [0.15, 0.2) is 5.78 Å². The molecule has 1 aromatic rings. The van der Waals surface area contributed by atoms with E-state index in [1.165, 1.54) is 16.7 Å². The lowest BCUT2D eigenvalue weighted by molar-refractivity contribution is -0.116. The minimum absolute atomic E-state index is 0.0226. The number of allylic oxidation sites excluding steroid dienone is 2. The minimum atomic E-state index is -0.0226. The summed E-state index contributed by atoms with van der Waals surface area (Å²) in [5, 5.41) is 9.71. The number of ketones is 1. The Bertz CT molecular complexity index is 585. The summed E-state index contributed by atoms with van der Waals surface area (Å²) < 4.78 is 0. The predicted molar refractivity (Wildman–Crippen MR) is 79.9 cm³/mol. The lowest BCUT2D eigenvalue weighted by Gasteiger charge is -2.46. The molecule has 106 valence electrons. The summed E-state index contributed by atoms with van der Waals surface area (Å²) in [5.41, 5.74) is 3.84. The molecule has 1 aromatic carbocycles. The zero-order chi connectivity index (χ0) is 14.3. The number of aryl methyl sites for hydroxylation is 1. The Morgan fingerprint density at radius 3 is 2.90 bits per heavy atom. The number of phenolic OH excluding ortho intramolecular Hbond substituents is 1. The van der Waals surface area contributed by atoms with Crippen LogP contribution in [0.1, 0.15) is 50.7 Å². The normalized spacial score (nSPS) is 28.6. The maximum atomic E-state index is 12.0. The van der Waals surface area contributed by atoms with Gasteiger partial charge in [0, 0.05) is 11.8 Å². The molecule has 2 atom stereocenters. The molecular formula is C18H22O2. The Morgan fingerprint density at radius 2 is 2.15 bits per heavy atom. The van der Waals surface area contributed by atoms with Crippen LogP contribution >= 0.6 is 0 Å². The Kier molecular flexibility index (Phi) is 3.19. The second kappa shape index (κ2) is 4.76. The SMILES string of the molecule is CCCC1CC(=O)C=C2CCc3cc(O)ccc3C21C. The number of phenols is 1. The third-order valence-electron chi connectivity index (χ3n) is 5.22. The van der Waals surface area contributed by atoms with Gasteiger partial charge in [-0.25, -0.2) is 0 Å². The van der Waals surface area contributed by atoms with Gasteiger partial charge in [0.1, 0.15) is 5.75 Å². The van der Waals surface area contributed by atoms with E-state index in [1.807, 2.05) is 12.1 Å². The third kappa shape index (κ3) is 1.90. The van der Waals surface area contributed by atoms with E-state index in [1.54, 1.807) is 6.07 Å². The second-order valence-electron chi connectivity index (χ2n) is 6.37. The maximum Gasteiger partial charge on any atom is 0.155 e. The van der Waals surface area contributed by atoms with Crippen LogP contribution in [-0.2, 0) is 16.6 Å². The fraction of sp³-hybridized carbons (Fsp3) is 0.500. The minimum Gasteiger partial charge on any atom is -0.508 e. The van der Waals surface area contributed by atoms with Crippen LogP contribution in [-0.4, -0.2) is 10.9 Å². The molecule has 0 aromatic heterocycles. The smallest absolute Gasteiger partial charge is 0.155 e. The zero-order valence-electron chi connectivity index (χ0n) is 12.3. The Morgan fingerprint density at radius 1 is 1.35 bits per heavy atom. The fourth-order valence-electron chi connectivity index (χ4n) is 4.14. The van der Waals surface area contributed by atoms with Crippen LogP contribution in [0.5, 0.6) is 5.75 Å². The van der Waals surface area contributed by atoms with E-state index in [4.69, 9.17) is 0 Å². The van der Waals surface area contributed by atoms with Crippen molar-refractivity contribution in [2.75, 3.05) is 0 Å². The summed E-state index contributed by atoms with van der Waals surface area (Å²) in [4.78, 5) is 12.0. The van der Waals surface area contributed by atoms with Crippen molar-refractivity contribution in [3.05, 3.63) is 41.0 Å². The van der Waals surface area contributed by atoms with E-state index in [0.29, 0.717) is 18.1 Å². The Labute approximate surface area is 120 Å². The molecule has 1 N–H and O–H groups in total. The molecule has 2 unspecified atom stereocenters. The zero-order valence-corrected chi connectivity index (χ0v) is 12.3. The molecule has 3 rings (SSSR count). The van der Waals surface area contributed by atoms with Crippen LogP contribution in [0, 0.1) is 5.92 Å². The Hall–Kier alpha value is -1.57. The first kappa shape index (κ1) is 13.4. The van der Waals surface area contributed by atoms with Gasteiger partial charge in [-0.15, -0.1) is 0 Å². The molecule has 0 fully saturated rings. The number of hydrogen-bond donors (Lipinski definition) is 1. The van der Waals surface area contributed by atoms with Gasteiger partial charge in [-0.05, 0) is 54.5 Å². The number of rotatable bonds is 2. The number of fused-ring (bicyclic) bond motifs is 3. The van der Waals surface area contributed by atoms with Crippen molar-refractivity contribution in [1.29, 1.82) is 0 Å². The van der Waals surface area contributed by atoms with Gasteiger partial charge < -0.3 is 5.11 Å². The van der Waals surface area contributed by atoms with Crippen LogP contribution < -0.4 is 0 Å². The van der Waals surface area contributed by atoms with E-state index in [0.717, 1.165) is 25.7 Å². The van der Waals surface area contributed by atoms with Gasteiger partial charge in [0.05, 0.1) is 0 Å². The van der Waals surface area contributed by atoms with Crippen molar-refractivity contribution < 1.29 is 9.90 Å². The molecular weight excluding hydrogens is 248 g/mol. The highest BCUT2D eigenvalue weighted by Gasteiger charge is 2.45. The quantitative estimate of drug-likeness (QED) is 0.884. The van der Waals surface area contributed by atoms with E-state index < -0.39 is 0 Å². The summed E-state index contributed by atoms with van der Waals surface area (Å²) in [6.07, 6.45) is 6.61. The van der Waals surface area contributed by atoms with Crippen molar-refractivity contribution >= 4 is 5.78 Å². The summed E-state index contributed by atoms with van der Waals surface area (Å²) >= 11 is 0. The van der Waals surface area contributed by atoms with Crippen LogP contribution in [0.3, 0.4) is 0 Å². The molecule has 0 heterocycles. The van der Waals surface area contributed by atoms with Gasteiger partial charge in [0.2, 0.25) is 0 Å². The van der Waals surface area contributed by atoms with Crippen molar-refractivity contribution in [2.45, 2.75) is 51.4 Å². The van der Waals surface area contributed by atoms with Gasteiger partial charge in [-0.2, -0.15) is 0 Å². The van der Waals surface area contributed by atoms with E-state index in [-0.39, 0.29) is 11.2 Å². The van der Waals surface area contributed by atoms with Crippen LogP contribution in [0.4, 0.5) is 0 Å². The van der Waals surface area contributed by atoms with E-state index >= 15 is 0 Å². The van der Waals surface area contributed by atoms with Gasteiger partial charge in [-0.3, -0.25) is 4.79 Å². The highest BCUT2D eigenvalue weighted by molar-refractivity contribution is 5.92. The monoisotopic (exact) mass is 270 g/mol. The fourth-order valence-corrected chi connectivity index (χ4v) is 4.14. The highest BCUT2D eigenvalue weighted by Crippen LogP contribution is 2.51. The number of hydrogen-bond acceptors (Lipinski definition) is 2. The second-order valence-corrected chi connectivity index (χ2v) is 6.37. The molecule has 0 radical (unpaired) electrons. The van der Waals surface area contributed by atoms with Gasteiger partial charge in [0.25, 0.3) is 0 Å². The Balaban J connectivity index is 2.16. The van der Waals surface area contributed by atoms with Gasteiger partial charge >= 0.3 is 0 Å². The topological polar surface area (TPSA) is 37.3 Å². The first-order chi connectivity index (χ1) is 9.55. The molecule has 0 amide bonds.